The van der Waals surface area contributed by atoms with Crippen LogP contribution < -0.4 is 5.32 Å². The fourth-order valence-corrected chi connectivity index (χ4v) is 2.90. The lowest BCUT2D eigenvalue weighted by atomic mass is 10.1. The third-order valence-electron chi connectivity index (χ3n) is 3.34. The summed E-state index contributed by atoms with van der Waals surface area (Å²) in [5.41, 5.74) is 1.79. The van der Waals surface area contributed by atoms with Crippen molar-refractivity contribution in [1.29, 1.82) is 0 Å². The fourth-order valence-electron chi connectivity index (χ4n) is 2.17. The first-order chi connectivity index (χ1) is 11.7. The molecule has 0 saturated carbocycles. The molecule has 0 bridgehead atoms. The summed E-state index contributed by atoms with van der Waals surface area (Å²) in [6, 6.07) is 7.50. The fraction of sp³-hybridized carbons (Fsp3) is 0.312. The monoisotopic (exact) mass is 364 g/mol. The van der Waals surface area contributed by atoms with Crippen LogP contribution in [-0.2, 0) is 17.7 Å². The van der Waals surface area contributed by atoms with Crippen LogP contribution in [0.2, 0.25) is 5.02 Å². The quantitative estimate of drug-likeness (QED) is 0.684. The standard InChI is InChI=1S/C16H17ClN4O2S/c1-10-15(11-3-5-12(17)6-4-11)23-14(19-10)9-18-16-20-13(21-24-16)7-8-22-2/h3-6H,7-9H2,1-2H3,(H,18,20,21). The maximum absolute atomic E-state index is 5.92. The molecule has 0 fully saturated rings. The third-order valence-corrected chi connectivity index (χ3v) is 4.30. The lowest BCUT2D eigenvalue weighted by Crippen LogP contribution is -2.00. The van der Waals surface area contributed by atoms with Gasteiger partial charge in [-0.1, -0.05) is 11.6 Å². The van der Waals surface area contributed by atoms with E-state index in [1.165, 1.54) is 11.5 Å². The lowest BCUT2D eigenvalue weighted by Gasteiger charge is -1.99. The molecule has 0 unspecified atom stereocenters. The molecular weight excluding hydrogens is 348 g/mol. The Morgan fingerprint density at radius 2 is 2.04 bits per heavy atom. The number of benzene rings is 1. The summed E-state index contributed by atoms with van der Waals surface area (Å²) in [5.74, 6) is 2.13. The van der Waals surface area contributed by atoms with Crippen molar-refractivity contribution in [3.63, 3.8) is 0 Å². The highest BCUT2D eigenvalue weighted by Gasteiger charge is 2.12. The van der Waals surface area contributed by atoms with Crippen molar-refractivity contribution >= 4 is 28.3 Å². The van der Waals surface area contributed by atoms with Gasteiger partial charge in [0.2, 0.25) is 11.0 Å². The molecule has 0 aliphatic heterocycles. The summed E-state index contributed by atoms with van der Waals surface area (Å²) in [4.78, 5) is 8.85. The molecule has 0 aliphatic carbocycles. The van der Waals surface area contributed by atoms with E-state index in [1.54, 1.807) is 7.11 Å². The molecule has 1 N–H and O–H groups in total. The summed E-state index contributed by atoms with van der Waals surface area (Å²) in [6.45, 7) is 2.98. The van der Waals surface area contributed by atoms with Gasteiger partial charge in [0.05, 0.1) is 18.8 Å². The number of methoxy groups -OCH3 is 1. The molecule has 1 aromatic carbocycles. The van der Waals surface area contributed by atoms with Crippen molar-refractivity contribution in [3.05, 3.63) is 46.7 Å². The van der Waals surface area contributed by atoms with Crippen LogP contribution in [0.15, 0.2) is 28.7 Å². The van der Waals surface area contributed by atoms with Crippen LogP contribution in [0, 0.1) is 6.92 Å². The summed E-state index contributed by atoms with van der Waals surface area (Å²) in [5, 5.41) is 4.62. The zero-order valence-electron chi connectivity index (χ0n) is 13.4. The van der Waals surface area contributed by atoms with Gasteiger partial charge in [0.15, 0.2) is 5.76 Å². The van der Waals surface area contributed by atoms with E-state index in [9.17, 15) is 0 Å². The Bertz CT molecular complexity index is 801. The molecule has 0 saturated heterocycles. The summed E-state index contributed by atoms with van der Waals surface area (Å²) < 4.78 is 15.1. The van der Waals surface area contributed by atoms with Crippen molar-refractivity contribution in [2.24, 2.45) is 0 Å². The normalized spacial score (nSPS) is 11.0. The van der Waals surface area contributed by atoms with Crippen LogP contribution in [0.1, 0.15) is 17.4 Å². The smallest absolute Gasteiger partial charge is 0.214 e. The van der Waals surface area contributed by atoms with Gasteiger partial charge in [0, 0.05) is 35.6 Å². The first-order valence-electron chi connectivity index (χ1n) is 7.43. The lowest BCUT2D eigenvalue weighted by molar-refractivity contribution is 0.201. The highest BCUT2D eigenvalue weighted by atomic mass is 35.5. The highest BCUT2D eigenvalue weighted by molar-refractivity contribution is 7.09. The Balaban J connectivity index is 1.65. The van der Waals surface area contributed by atoms with Gasteiger partial charge < -0.3 is 14.5 Å². The maximum Gasteiger partial charge on any atom is 0.214 e. The predicted molar refractivity (Wildman–Crippen MR) is 94.5 cm³/mol. The average molecular weight is 365 g/mol. The second-order valence-corrected chi connectivity index (χ2v) is 6.33. The summed E-state index contributed by atoms with van der Waals surface area (Å²) in [7, 11) is 1.66. The van der Waals surface area contributed by atoms with Crippen molar-refractivity contribution in [2.45, 2.75) is 19.9 Å². The molecule has 3 aromatic rings. The number of anilines is 1. The number of aryl methyl sites for hydroxylation is 1. The van der Waals surface area contributed by atoms with E-state index in [0.29, 0.717) is 30.5 Å². The number of hydrogen-bond donors (Lipinski definition) is 1. The van der Waals surface area contributed by atoms with Crippen LogP contribution >= 0.6 is 23.1 Å². The Morgan fingerprint density at radius 3 is 2.79 bits per heavy atom. The molecule has 3 rings (SSSR count). The zero-order chi connectivity index (χ0) is 16.9. The second-order valence-electron chi connectivity index (χ2n) is 5.14. The van der Waals surface area contributed by atoms with Gasteiger partial charge in [-0.2, -0.15) is 4.37 Å². The Morgan fingerprint density at radius 1 is 1.25 bits per heavy atom. The molecule has 2 heterocycles. The molecule has 0 amide bonds. The van der Waals surface area contributed by atoms with Crippen LogP contribution in [0.3, 0.4) is 0 Å². The molecule has 0 aliphatic rings. The number of oxazole rings is 1. The Hall–Kier alpha value is -1.96. The van der Waals surface area contributed by atoms with E-state index in [4.69, 9.17) is 20.8 Å². The van der Waals surface area contributed by atoms with E-state index >= 15 is 0 Å². The third kappa shape index (κ3) is 4.11. The number of aromatic nitrogens is 3. The van der Waals surface area contributed by atoms with Gasteiger partial charge in [-0.15, -0.1) is 0 Å². The minimum absolute atomic E-state index is 0.452. The zero-order valence-corrected chi connectivity index (χ0v) is 14.9. The van der Waals surface area contributed by atoms with E-state index < -0.39 is 0 Å². The molecule has 2 aromatic heterocycles. The first kappa shape index (κ1) is 16.9. The van der Waals surface area contributed by atoms with Crippen molar-refractivity contribution in [3.8, 4) is 11.3 Å². The van der Waals surface area contributed by atoms with E-state index in [0.717, 1.165) is 28.0 Å². The van der Waals surface area contributed by atoms with Crippen molar-refractivity contribution in [1.82, 2.24) is 14.3 Å². The largest absolute Gasteiger partial charge is 0.438 e. The van der Waals surface area contributed by atoms with Gasteiger partial charge in [0.25, 0.3) is 0 Å². The van der Waals surface area contributed by atoms with Crippen molar-refractivity contribution < 1.29 is 9.15 Å². The predicted octanol–water partition coefficient (Wildman–Crippen LogP) is 3.96. The second kappa shape index (κ2) is 7.74. The minimum atomic E-state index is 0.452. The number of hydrogen-bond acceptors (Lipinski definition) is 7. The number of ether oxygens (including phenoxy) is 1. The van der Waals surface area contributed by atoms with Crippen molar-refractivity contribution in [2.75, 3.05) is 19.0 Å². The minimum Gasteiger partial charge on any atom is -0.438 e. The van der Waals surface area contributed by atoms with Gasteiger partial charge >= 0.3 is 0 Å². The number of halogens is 1. The topological polar surface area (TPSA) is 73.1 Å². The molecule has 0 radical (unpaired) electrons. The van der Waals surface area contributed by atoms with Gasteiger partial charge in [0.1, 0.15) is 5.82 Å². The molecule has 0 spiro atoms. The molecular formula is C16H17ClN4O2S. The first-order valence-corrected chi connectivity index (χ1v) is 8.58. The molecule has 6 nitrogen and oxygen atoms in total. The Kier molecular flexibility index (Phi) is 5.44. The van der Waals surface area contributed by atoms with E-state index in [-0.39, 0.29) is 0 Å². The molecule has 0 atom stereocenters. The van der Waals surface area contributed by atoms with Crippen LogP contribution in [-0.4, -0.2) is 28.1 Å². The number of rotatable bonds is 7. The average Bonchev–Trinajstić information content (AvgIpc) is 3.18. The summed E-state index contributed by atoms with van der Waals surface area (Å²) in [6.07, 6.45) is 0.702. The number of nitrogens with one attached hydrogen (secondary N) is 1. The molecule has 126 valence electrons. The van der Waals surface area contributed by atoms with Crippen LogP contribution in [0.25, 0.3) is 11.3 Å². The maximum atomic E-state index is 5.92. The Labute approximate surface area is 149 Å². The van der Waals surface area contributed by atoms with Gasteiger partial charge in [-0.3, -0.25) is 0 Å². The summed E-state index contributed by atoms with van der Waals surface area (Å²) >= 11 is 7.24. The van der Waals surface area contributed by atoms with Gasteiger partial charge in [-0.05, 0) is 31.2 Å². The SMILES string of the molecule is COCCc1nsc(NCc2nc(C)c(-c3ccc(Cl)cc3)o2)n1. The van der Waals surface area contributed by atoms with Crippen LogP contribution in [0.4, 0.5) is 5.13 Å². The highest BCUT2D eigenvalue weighted by Crippen LogP contribution is 2.26. The van der Waals surface area contributed by atoms with E-state index in [2.05, 4.69) is 19.7 Å². The number of nitrogens with zero attached hydrogens (tertiary/aromatic N) is 3. The molecule has 24 heavy (non-hydrogen) atoms. The van der Waals surface area contributed by atoms with Gasteiger partial charge in [-0.25, -0.2) is 9.97 Å². The van der Waals surface area contributed by atoms with Crippen LogP contribution in [0.5, 0.6) is 0 Å². The molecule has 8 heteroatoms. The van der Waals surface area contributed by atoms with E-state index in [1.807, 2.05) is 31.2 Å².